The number of benzene rings is 2. The minimum atomic E-state index is -0.752. The molecule has 0 aromatic heterocycles. The van der Waals surface area contributed by atoms with Crippen molar-refractivity contribution in [1.29, 1.82) is 0 Å². The third-order valence-corrected chi connectivity index (χ3v) is 5.78. The molecule has 0 aliphatic carbocycles. The van der Waals surface area contributed by atoms with Crippen molar-refractivity contribution >= 4 is 17.4 Å². The molecule has 182 valence electrons. The molecule has 1 fully saturated rings. The van der Waals surface area contributed by atoms with Crippen LogP contribution in [-0.4, -0.2) is 59.8 Å². The summed E-state index contributed by atoms with van der Waals surface area (Å²) in [5.41, 5.74) is 2.25. The molecule has 1 saturated heterocycles. The first kappa shape index (κ1) is 25.5. The Kier molecular flexibility index (Phi) is 8.12. The second kappa shape index (κ2) is 10.8. The minimum Gasteiger partial charge on any atom is -0.507 e. The smallest absolute Gasteiger partial charge is 0.295 e. The lowest BCUT2D eigenvalue weighted by Crippen LogP contribution is -2.33. The lowest BCUT2D eigenvalue weighted by Gasteiger charge is -2.26. The fraction of sp³-hybridized carbons (Fsp3) is 0.407. The second-order valence-electron chi connectivity index (χ2n) is 9.16. The first-order valence-corrected chi connectivity index (χ1v) is 11.5. The maximum atomic E-state index is 13.1. The summed E-state index contributed by atoms with van der Waals surface area (Å²) >= 11 is 0. The molecule has 2 N–H and O–H groups in total. The van der Waals surface area contributed by atoms with E-state index in [4.69, 9.17) is 14.6 Å². The Labute approximate surface area is 200 Å². The Balaban J connectivity index is 2.05. The fourth-order valence-electron chi connectivity index (χ4n) is 3.98. The van der Waals surface area contributed by atoms with Gasteiger partial charge in [0.15, 0.2) is 0 Å². The third kappa shape index (κ3) is 5.48. The zero-order chi connectivity index (χ0) is 24.9. The van der Waals surface area contributed by atoms with E-state index in [1.54, 1.807) is 24.3 Å². The number of nitrogens with zero attached hydrogens (tertiary/aromatic N) is 1. The van der Waals surface area contributed by atoms with Crippen LogP contribution in [0.2, 0.25) is 0 Å². The molecular formula is C27H33NO6. The molecule has 0 saturated carbocycles. The molecule has 7 heteroatoms. The number of ketones is 1. The van der Waals surface area contributed by atoms with Gasteiger partial charge in [0.2, 0.25) is 0 Å². The van der Waals surface area contributed by atoms with Crippen molar-refractivity contribution in [3.63, 3.8) is 0 Å². The van der Waals surface area contributed by atoms with Crippen LogP contribution < -0.4 is 4.74 Å². The number of aliphatic hydroxyl groups is 2. The number of aliphatic hydroxyl groups excluding tert-OH is 2. The van der Waals surface area contributed by atoms with E-state index in [0.717, 1.165) is 11.1 Å². The highest BCUT2D eigenvalue weighted by molar-refractivity contribution is 6.46. The third-order valence-electron chi connectivity index (χ3n) is 5.78. The predicted octanol–water partition coefficient (Wildman–Crippen LogP) is 3.81. The molecular weight excluding hydrogens is 434 g/mol. The Morgan fingerprint density at radius 3 is 2.21 bits per heavy atom. The summed E-state index contributed by atoms with van der Waals surface area (Å²) in [6, 6.07) is 13.8. The van der Waals surface area contributed by atoms with E-state index in [1.165, 1.54) is 4.90 Å². The molecule has 3 rings (SSSR count). The van der Waals surface area contributed by atoms with Crippen LogP contribution in [0.5, 0.6) is 5.75 Å². The van der Waals surface area contributed by atoms with Crippen molar-refractivity contribution in [3.8, 4) is 5.75 Å². The van der Waals surface area contributed by atoms with Gasteiger partial charge in [0.05, 0.1) is 38.0 Å². The van der Waals surface area contributed by atoms with Crippen molar-refractivity contribution < 1.29 is 29.3 Å². The van der Waals surface area contributed by atoms with Crippen LogP contribution in [-0.2, 0) is 19.7 Å². The number of hydrogen-bond donors (Lipinski definition) is 2. The molecule has 0 bridgehead atoms. The SMILES string of the molecule is CCOc1ccc(/C(O)=C2\C(=O)C(=O)N(CCOCCO)C2c2ccc(C(C)(C)C)cc2)cc1. The van der Waals surface area contributed by atoms with Gasteiger partial charge >= 0.3 is 0 Å². The van der Waals surface area contributed by atoms with Crippen molar-refractivity contribution in [2.24, 2.45) is 0 Å². The largest absolute Gasteiger partial charge is 0.507 e. The van der Waals surface area contributed by atoms with Crippen molar-refractivity contribution in [1.82, 2.24) is 4.90 Å². The summed E-state index contributed by atoms with van der Waals surface area (Å²) in [6.45, 7) is 9.04. The summed E-state index contributed by atoms with van der Waals surface area (Å²) in [7, 11) is 0. The number of carbonyl (C=O) groups is 2. The van der Waals surface area contributed by atoms with Gasteiger partial charge in [-0.05, 0) is 47.7 Å². The first-order valence-electron chi connectivity index (χ1n) is 11.5. The quantitative estimate of drug-likeness (QED) is 0.252. The van der Waals surface area contributed by atoms with Crippen LogP contribution >= 0.6 is 0 Å². The fourth-order valence-corrected chi connectivity index (χ4v) is 3.98. The molecule has 1 heterocycles. The van der Waals surface area contributed by atoms with Gasteiger partial charge in [-0.1, -0.05) is 45.0 Å². The Bertz CT molecular complexity index is 1030. The Hall–Kier alpha value is -3.16. The Morgan fingerprint density at radius 1 is 1.00 bits per heavy atom. The van der Waals surface area contributed by atoms with Gasteiger partial charge in [0.25, 0.3) is 11.7 Å². The standard InChI is InChI=1S/C27H33NO6/c1-5-34-21-12-8-19(9-13-21)24(30)22-23(18-6-10-20(11-7-18)27(2,3)4)28(26(32)25(22)31)14-16-33-17-15-29/h6-13,23,29-30H,5,14-17H2,1-4H3/b24-22+. The molecule has 2 aromatic rings. The molecule has 7 nitrogen and oxygen atoms in total. The van der Waals surface area contributed by atoms with Gasteiger partial charge in [-0.15, -0.1) is 0 Å². The van der Waals surface area contributed by atoms with Gasteiger partial charge in [0, 0.05) is 12.1 Å². The number of carbonyl (C=O) groups excluding carboxylic acids is 2. The molecule has 34 heavy (non-hydrogen) atoms. The zero-order valence-corrected chi connectivity index (χ0v) is 20.2. The van der Waals surface area contributed by atoms with Crippen LogP contribution in [0.15, 0.2) is 54.1 Å². The average molecular weight is 468 g/mol. The van der Waals surface area contributed by atoms with E-state index in [2.05, 4.69) is 20.8 Å². The number of likely N-dealkylation sites (tertiary alicyclic amines) is 1. The maximum Gasteiger partial charge on any atom is 0.295 e. The van der Waals surface area contributed by atoms with E-state index < -0.39 is 17.7 Å². The number of hydrogen-bond acceptors (Lipinski definition) is 6. The lowest BCUT2D eigenvalue weighted by molar-refractivity contribution is -0.140. The van der Waals surface area contributed by atoms with E-state index in [0.29, 0.717) is 17.9 Å². The first-order chi connectivity index (χ1) is 16.2. The molecule has 1 atom stereocenters. The van der Waals surface area contributed by atoms with E-state index >= 15 is 0 Å². The van der Waals surface area contributed by atoms with Crippen molar-refractivity contribution in [2.45, 2.75) is 39.2 Å². The van der Waals surface area contributed by atoms with Crippen molar-refractivity contribution in [2.75, 3.05) is 33.0 Å². The van der Waals surface area contributed by atoms with E-state index in [1.807, 2.05) is 31.2 Å². The number of rotatable bonds is 9. The minimum absolute atomic E-state index is 0.0415. The molecule has 1 aliphatic heterocycles. The highest BCUT2D eigenvalue weighted by atomic mass is 16.5. The zero-order valence-electron chi connectivity index (χ0n) is 20.2. The monoisotopic (exact) mass is 467 g/mol. The molecule has 0 radical (unpaired) electrons. The molecule has 0 spiro atoms. The second-order valence-corrected chi connectivity index (χ2v) is 9.16. The van der Waals surface area contributed by atoms with Gasteiger partial charge < -0.3 is 24.6 Å². The van der Waals surface area contributed by atoms with E-state index in [9.17, 15) is 14.7 Å². The summed E-state index contributed by atoms with van der Waals surface area (Å²) in [5.74, 6) is -1.01. The molecule has 1 amide bonds. The number of Topliss-reactive ketones (excluding diaryl/α,β-unsaturated/α-hetero) is 1. The van der Waals surface area contributed by atoms with Gasteiger partial charge in [-0.2, -0.15) is 0 Å². The van der Waals surface area contributed by atoms with Gasteiger partial charge in [-0.3, -0.25) is 9.59 Å². The molecule has 1 aliphatic rings. The summed E-state index contributed by atoms with van der Waals surface area (Å²) < 4.78 is 10.8. The van der Waals surface area contributed by atoms with Crippen LogP contribution in [0.25, 0.3) is 5.76 Å². The van der Waals surface area contributed by atoms with E-state index in [-0.39, 0.29) is 43.1 Å². The topological polar surface area (TPSA) is 96.3 Å². The summed E-state index contributed by atoms with van der Waals surface area (Å²) in [5, 5.41) is 20.1. The van der Waals surface area contributed by atoms with Gasteiger partial charge in [0.1, 0.15) is 11.5 Å². The lowest BCUT2D eigenvalue weighted by atomic mass is 9.85. The average Bonchev–Trinajstić information content (AvgIpc) is 3.06. The van der Waals surface area contributed by atoms with Gasteiger partial charge in [-0.25, -0.2) is 0 Å². The molecule has 2 aromatic carbocycles. The Morgan fingerprint density at radius 2 is 1.65 bits per heavy atom. The van der Waals surface area contributed by atoms with Crippen LogP contribution in [0.3, 0.4) is 0 Å². The summed E-state index contributed by atoms with van der Waals surface area (Å²) in [4.78, 5) is 27.5. The highest BCUT2D eigenvalue weighted by Gasteiger charge is 2.45. The predicted molar refractivity (Wildman–Crippen MR) is 130 cm³/mol. The summed E-state index contributed by atoms with van der Waals surface area (Å²) in [6.07, 6.45) is 0. The van der Waals surface area contributed by atoms with Crippen LogP contribution in [0.1, 0.15) is 50.4 Å². The number of amides is 1. The van der Waals surface area contributed by atoms with Crippen molar-refractivity contribution in [3.05, 3.63) is 70.8 Å². The molecule has 1 unspecified atom stereocenters. The van der Waals surface area contributed by atoms with Crippen LogP contribution in [0.4, 0.5) is 0 Å². The normalized spacial score (nSPS) is 17.9. The number of ether oxygens (including phenoxy) is 2. The maximum absolute atomic E-state index is 13.1. The highest BCUT2D eigenvalue weighted by Crippen LogP contribution is 2.40. The van der Waals surface area contributed by atoms with Crippen LogP contribution in [0, 0.1) is 0 Å².